The van der Waals surface area contributed by atoms with Gasteiger partial charge in [0.2, 0.25) is 0 Å². The molecule has 4 nitrogen and oxygen atoms in total. The molecule has 0 bridgehead atoms. The van der Waals surface area contributed by atoms with E-state index in [0.29, 0.717) is 6.54 Å². The number of benzene rings is 2. The van der Waals surface area contributed by atoms with E-state index in [9.17, 15) is 4.79 Å². The number of carbonyl (C=O) groups excluding carboxylic acids is 1. The summed E-state index contributed by atoms with van der Waals surface area (Å²) in [5.74, 6) is 0.799. The number of methoxy groups -OCH3 is 1. The van der Waals surface area contributed by atoms with Crippen LogP contribution in [0.3, 0.4) is 0 Å². The van der Waals surface area contributed by atoms with E-state index in [1.165, 1.54) is 0 Å². The van der Waals surface area contributed by atoms with Crippen molar-refractivity contribution in [1.29, 1.82) is 0 Å². The Morgan fingerprint density at radius 3 is 2.54 bits per heavy atom. The molecule has 0 radical (unpaired) electrons. The average Bonchev–Trinajstić information content (AvgIpc) is 2.68. The molecular weight excluding hydrogens is 324 g/mol. The fraction of sp³-hybridized carbons (Fsp3) is 0.273. The van der Waals surface area contributed by atoms with Crippen molar-refractivity contribution in [3.05, 3.63) is 70.9 Å². The van der Waals surface area contributed by atoms with Crippen molar-refractivity contribution in [2.45, 2.75) is 26.7 Å². The standard InChI is InChI=1S/C22H24N2O2/c1-4-19-15(2)21(18-7-5-6-8-20(18)24-19)22(25)23-14-13-16-9-11-17(26-3)12-10-16/h5-12H,4,13-14H2,1-3H3,(H,23,25). The van der Waals surface area contributed by atoms with E-state index in [1.54, 1.807) is 7.11 Å². The van der Waals surface area contributed by atoms with Gasteiger partial charge in [0.25, 0.3) is 5.91 Å². The first-order valence-electron chi connectivity index (χ1n) is 8.93. The van der Waals surface area contributed by atoms with Crippen molar-refractivity contribution in [2.75, 3.05) is 13.7 Å². The van der Waals surface area contributed by atoms with Gasteiger partial charge < -0.3 is 10.1 Å². The topological polar surface area (TPSA) is 51.2 Å². The molecule has 4 heteroatoms. The van der Waals surface area contributed by atoms with Crippen molar-refractivity contribution in [1.82, 2.24) is 10.3 Å². The Labute approximate surface area is 154 Å². The first kappa shape index (κ1) is 17.9. The number of hydrogen-bond acceptors (Lipinski definition) is 3. The van der Waals surface area contributed by atoms with Gasteiger partial charge in [-0.25, -0.2) is 0 Å². The first-order chi connectivity index (χ1) is 12.6. The molecule has 26 heavy (non-hydrogen) atoms. The second-order valence-corrected chi connectivity index (χ2v) is 6.28. The zero-order valence-corrected chi connectivity index (χ0v) is 15.5. The fourth-order valence-electron chi connectivity index (χ4n) is 3.20. The van der Waals surface area contributed by atoms with Crippen LogP contribution in [-0.4, -0.2) is 24.5 Å². The number of carbonyl (C=O) groups is 1. The molecular formula is C22H24N2O2. The summed E-state index contributed by atoms with van der Waals surface area (Å²) < 4.78 is 5.17. The molecule has 1 N–H and O–H groups in total. The van der Waals surface area contributed by atoms with E-state index in [0.717, 1.165) is 51.9 Å². The summed E-state index contributed by atoms with van der Waals surface area (Å²) in [5, 5.41) is 3.97. The molecule has 1 aromatic heterocycles. The number of aromatic nitrogens is 1. The van der Waals surface area contributed by atoms with Crippen molar-refractivity contribution < 1.29 is 9.53 Å². The lowest BCUT2D eigenvalue weighted by atomic mass is 9.99. The lowest BCUT2D eigenvalue weighted by Gasteiger charge is -2.14. The number of fused-ring (bicyclic) bond motifs is 1. The van der Waals surface area contributed by atoms with Gasteiger partial charge in [-0.2, -0.15) is 0 Å². The maximum absolute atomic E-state index is 12.9. The summed E-state index contributed by atoms with van der Waals surface area (Å²) in [7, 11) is 1.65. The highest BCUT2D eigenvalue weighted by Crippen LogP contribution is 2.23. The quantitative estimate of drug-likeness (QED) is 0.730. The molecule has 0 aliphatic rings. The average molecular weight is 348 g/mol. The maximum Gasteiger partial charge on any atom is 0.252 e. The van der Waals surface area contributed by atoms with Gasteiger partial charge in [-0.1, -0.05) is 37.3 Å². The molecule has 0 aliphatic heterocycles. The molecule has 0 aliphatic carbocycles. The first-order valence-corrected chi connectivity index (χ1v) is 8.93. The Kier molecular flexibility index (Phi) is 5.52. The van der Waals surface area contributed by atoms with Gasteiger partial charge in [-0.15, -0.1) is 0 Å². The summed E-state index contributed by atoms with van der Waals surface area (Å²) in [6.45, 7) is 4.63. The van der Waals surface area contributed by atoms with E-state index in [2.05, 4.69) is 17.2 Å². The van der Waals surface area contributed by atoms with E-state index >= 15 is 0 Å². The van der Waals surface area contributed by atoms with Gasteiger partial charge in [0.05, 0.1) is 18.2 Å². The van der Waals surface area contributed by atoms with Crippen LogP contribution in [0.5, 0.6) is 5.75 Å². The van der Waals surface area contributed by atoms with Crippen molar-refractivity contribution >= 4 is 16.8 Å². The number of hydrogen-bond donors (Lipinski definition) is 1. The number of amides is 1. The van der Waals surface area contributed by atoms with Gasteiger partial charge in [-0.05, 0) is 49.1 Å². The Morgan fingerprint density at radius 1 is 1.12 bits per heavy atom. The molecule has 0 saturated heterocycles. The Hall–Kier alpha value is -2.88. The smallest absolute Gasteiger partial charge is 0.252 e. The highest BCUT2D eigenvalue weighted by Gasteiger charge is 2.16. The third kappa shape index (κ3) is 3.69. The molecule has 0 atom stereocenters. The minimum absolute atomic E-state index is 0.0377. The molecule has 2 aromatic carbocycles. The minimum Gasteiger partial charge on any atom is -0.497 e. The molecule has 0 saturated carbocycles. The Balaban J connectivity index is 1.77. The van der Waals surface area contributed by atoms with Crippen LogP contribution < -0.4 is 10.1 Å². The lowest BCUT2D eigenvalue weighted by Crippen LogP contribution is -2.27. The molecule has 0 fully saturated rings. The normalized spacial score (nSPS) is 10.7. The summed E-state index contributed by atoms with van der Waals surface area (Å²) in [4.78, 5) is 17.6. The Morgan fingerprint density at radius 2 is 1.85 bits per heavy atom. The van der Waals surface area contributed by atoms with Gasteiger partial charge in [0.15, 0.2) is 0 Å². The molecule has 3 rings (SSSR count). The van der Waals surface area contributed by atoms with Crippen molar-refractivity contribution in [3.8, 4) is 5.75 Å². The molecule has 0 unspecified atom stereocenters. The zero-order chi connectivity index (χ0) is 18.5. The summed E-state index contributed by atoms with van der Waals surface area (Å²) in [6.07, 6.45) is 1.58. The highest BCUT2D eigenvalue weighted by atomic mass is 16.5. The van der Waals surface area contributed by atoms with Gasteiger partial charge in [0, 0.05) is 17.6 Å². The number of ether oxygens (including phenoxy) is 1. The van der Waals surface area contributed by atoms with Gasteiger partial charge in [0.1, 0.15) is 5.75 Å². The maximum atomic E-state index is 12.9. The van der Waals surface area contributed by atoms with Gasteiger partial charge in [-0.3, -0.25) is 9.78 Å². The van der Waals surface area contributed by atoms with Crippen LogP contribution >= 0.6 is 0 Å². The fourth-order valence-corrected chi connectivity index (χ4v) is 3.20. The van der Waals surface area contributed by atoms with E-state index < -0.39 is 0 Å². The predicted octanol–water partition coefficient (Wildman–Crippen LogP) is 4.09. The van der Waals surface area contributed by atoms with Crippen LogP contribution in [0.25, 0.3) is 10.9 Å². The van der Waals surface area contributed by atoms with Crippen LogP contribution in [0, 0.1) is 6.92 Å². The lowest BCUT2D eigenvalue weighted by molar-refractivity contribution is 0.0955. The van der Waals surface area contributed by atoms with Crippen LogP contribution in [0.1, 0.15) is 34.1 Å². The monoisotopic (exact) mass is 348 g/mol. The molecule has 1 amide bonds. The molecule has 1 heterocycles. The molecule has 0 spiro atoms. The SMILES string of the molecule is CCc1nc2ccccc2c(C(=O)NCCc2ccc(OC)cc2)c1C. The molecule has 3 aromatic rings. The van der Waals surface area contributed by atoms with Crippen LogP contribution in [0.2, 0.25) is 0 Å². The number of aryl methyl sites for hydroxylation is 1. The largest absolute Gasteiger partial charge is 0.497 e. The number of nitrogens with one attached hydrogen (secondary N) is 1. The van der Waals surface area contributed by atoms with E-state index in [1.807, 2.05) is 55.5 Å². The predicted molar refractivity (Wildman–Crippen MR) is 105 cm³/mol. The van der Waals surface area contributed by atoms with Crippen LogP contribution in [-0.2, 0) is 12.8 Å². The second-order valence-electron chi connectivity index (χ2n) is 6.28. The number of pyridine rings is 1. The van der Waals surface area contributed by atoms with Crippen LogP contribution in [0.4, 0.5) is 0 Å². The highest BCUT2D eigenvalue weighted by molar-refractivity contribution is 6.07. The Bertz CT molecular complexity index is 917. The third-order valence-electron chi connectivity index (χ3n) is 4.66. The number of rotatable bonds is 6. The van der Waals surface area contributed by atoms with Crippen LogP contribution in [0.15, 0.2) is 48.5 Å². The summed E-state index contributed by atoms with van der Waals surface area (Å²) >= 11 is 0. The van der Waals surface area contributed by atoms with Crippen molar-refractivity contribution in [3.63, 3.8) is 0 Å². The zero-order valence-electron chi connectivity index (χ0n) is 15.5. The number of nitrogens with zero attached hydrogens (tertiary/aromatic N) is 1. The van der Waals surface area contributed by atoms with Gasteiger partial charge >= 0.3 is 0 Å². The molecule has 134 valence electrons. The third-order valence-corrected chi connectivity index (χ3v) is 4.66. The van der Waals surface area contributed by atoms with E-state index in [-0.39, 0.29) is 5.91 Å². The second kappa shape index (κ2) is 8.00. The number of para-hydroxylation sites is 1. The summed E-state index contributed by atoms with van der Waals surface area (Å²) in [5.41, 5.74) is 4.71. The summed E-state index contributed by atoms with van der Waals surface area (Å²) in [6, 6.07) is 15.7. The minimum atomic E-state index is -0.0377. The van der Waals surface area contributed by atoms with Crippen molar-refractivity contribution in [2.24, 2.45) is 0 Å². The van der Waals surface area contributed by atoms with E-state index in [4.69, 9.17) is 4.74 Å².